The average molecular weight is 467 g/mol. The Bertz CT molecular complexity index is 685. The number of hydrogen-bond donors (Lipinski definition) is 4. The summed E-state index contributed by atoms with van der Waals surface area (Å²) in [7, 11) is 0. The van der Waals surface area contributed by atoms with Crippen LogP contribution in [0.25, 0.3) is 0 Å². The van der Waals surface area contributed by atoms with E-state index >= 15 is 0 Å². The van der Waals surface area contributed by atoms with Gasteiger partial charge in [0.05, 0.1) is 6.20 Å². The van der Waals surface area contributed by atoms with Crippen LogP contribution in [0.4, 0.5) is 5.82 Å². The highest BCUT2D eigenvalue weighted by Gasteiger charge is 2.51. The molecule has 0 radical (unpaired) electrons. The van der Waals surface area contributed by atoms with Crippen molar-refractivity contribution < 1.29 is 24.6 Å². The predicted molar refractivity (Wildman–Crippen MR) is 125 cm³/mol. The molecule has 11 heteroatoms. The molecule has 0 unspecified atom stereocenters. The topological polar surface area (TPSA) is 148 Å². The molecule has 1 aromatic heterocycles. The molecule has 3 rings (SSSR count). The lowest BCUT2D eigenvalue weighted by molar-refractivity contribution is -0.134. The third-order valence-electron chi connectivity index (χ3n) is 6.07. The zero-order valence-corrected chi connectivity index (χ0v) is 19.7. The minimum atomic E-state index is -0.354. The molecule has 0 bridgehead atoms. The highest BCUT2D eigenvalue weighted by atomic mass is 16.3. The summed E-state index contributed by atoms with van der Waals surface area (Å²) in [5.74, 6) is 1.00. The van der Waals surface area contributed by atoms with Gasteiger partial charge in [-0.2, -0.15) is 0 Å². The maximum Gasteiger partial charge on any atom is 0.290 e. The fourth-order valence-corrected chi connectivity index (χ4v) is 4.57. The lowest BCUT2D eigenvalue weighted by Crippen LogP contribution is -2.57. The van der Waals surface area contributed by atoms with E-state index in [0.29, 0.717) is 0 Å². The summed E-state index contributed by atoms with van der Waals surface area (Å²) < 4.78 is 0. The SMILES string of the molecule is CCN(CC)CCCNC(=O)[C@@]12CCCCN1C[C@@H](Nc1cnccn1)C2.O=CO.O=CO. The third kappa shape index (κ3) is 8.93. The Kier molecular flexibility index (Phi) is 13.6. The summed E-state index contributed by atoms with van der Waals surface area (Å²) >= 11 is 0. The van der Waals surface area contributed by atoms with Gasteiger partial charge >= 0.3 is 0 Å². The molecule has 186 valence electrons. The molecule has 0 saturated carbocycles. The number of anilines is 1. The maximum atomic E-state index is 13.2. The zero-order chi connectivity index (χ0) is 24.5. The highest BCUT2D eigenvalue weighted by molar-refractivity contribution is 5.87. The molecule has 11 nitrogen and oxygen atoms in total. The number of hydrogen-bond acceptors (Lipinski definition) is 8. The number of amides is 1. The molecule has 33 heavy (non-hydrogen) atoms. The third-order valence-corrected chi connectivity index (χ3v) is 6.07. The summed E-state index contributed by atoms with van der Waals surface area (Å²) in [6.45, 7) is 9.70. The van der Waals surface area contributed by atoms with Crippen molar-refractivity contribution in [3.63, 3.8) is 0 Å². The minimum Gasteiger partial charge on any atom is -0.483 e. The van der Waals surface area contributed by atoms with Gasteiger partial charge in [0.25, 0.3) is 12.9 Å². The van der Waals surface area contributed by atoms with E-state index in [2.05, 4.69) is 44.2 Å². The molecule has 1 aromatic rings. The summed E-state index contributed by atoms with van der Waals surface area (Å²) in [5, 5.41) is 20.5. The fourth-order valence-electron chi connectivity index (χ4n) is 4.57. The standard InChI is InChI=1S/C20H34N6O.2CH2O2/c1-3-25(4-2)12-7-9-23-19(27)20-8-5-6-13-26(20)16-17(14-20)24-18-15-21-10-11-22-18;2*2-1-3/h10-11,15,17H,3-9,12-14,16H2,1-2H3,(H,22,24)(H,23,27);2*1H,(H,2,3)/t17-,20-;;/m0../s1. The van der Waals surface area contributed by atoms with E-state index in [-0.39, 0.29) is 30.4 Å². The summed E-state index contributed by atoms with van der Waals surface area (Å²) in [6, 6.07) is 0.237. The van der Waals surface area contributed by atoms with Crippen molar-refractivity contribution in [3.8, 4) is 0 Å². The van der Waals surface area contributed by atoms with Crippen LogP contribution >= 0.6 is 0 Å². The largest absolute Gasteiger partial charge is 0.483 e. The quantitative estimate of drug-likeness (QED) is 0.308. The van der Waals surface area contributed by atoms with Crippen LogP contribution in [0, 0.1) is 0 Å². The Labute approximate surface area is 195 Å². The van der Waals surface area contributed by atoms with Crippen molar-refractivity contribution in [2.45, 2.75) is 57.5 Å². The van der Waals surface area contributed by atoms with E-state index in [1.54, 1.807) is 18.6 Å². The number of fused-ring (bicyclic) bond motifs is 1. The number of aromatic nitrogens is 2. The molecular formula is C22H38N6O5. The van der Waals surface area contributed by atoms with E-state index in [1.807, 2.05) is 0 Å². The number of rotatable bonds is 9. The van der Waals surface area contributed by atoms with Gasteiger partial charge < -0.3 is 25.7 Å². The molecular weight excluding hydrogens is 428 g/mol. The summed E-state index contributed by atoms with van der Waals surface area (Å²) in [5.41, 5.74) is -0.354. The predicted octanol–water partition coefficient (Wildman–Crippen LogP) is 1.14. The summed E-state index contributed by atoms with van der Waals surface area (Å²) in [4.78, 5) is 43.1. The number of nitrogens with one attached hydrogen (secondary N) is 2. The molecule has 1 amide bonds. The molecule has 3 heterocycles. The van der Waals surface area contributed by atoms with Crippen molar-refractivity contribution in [2.75, 3.05) is 44.6 Å². The molecule has 4 N–H and O–H groups in total. The van der Waals surface area contributed by atoms with Gasteiger partial charge in [0.2, 0.25) is 5.91 Å². The van der Waals surface area contributed by atoms with Gasteiger partial charge in [-0.3, -0.25) is 24.3 Å². The molecule has 2 atom stereocenters. The molecule has 2 fully saturated rings. The Morgan fingerprint density at radius 1 is 1.24 bits per heavy atom. The van der Waals surface area contributed by atoms with Crippen LogP contribution in [-0.4, -0.2) is 99.7 Å². The number of nitrogens with zero attached hydrogens (tertiary/aromatic N) is 4. The molecule has 2 aliphatic rings. The smallest absolute Gasteiger partial charge is 0.290 e. The lowest BCUT2D eigenvalue weighted by Gasteiger charge is -2.40. The van der Waals surface area contributed by atoms with Crippen molar-refractivity contribution in [2.24, 2.45) is 0 Å². The normalized spacial score (nSPS) is 21.5. The van der Waals surface area contributed by atoms with Gasteiger partial charge in [-0.05, 0) is 58.3 Å². The Hall–Kier alpha value is -2.79. The Balaban J connectivity index is 0.000000819. The molecule has 0 aromatic carbocycles. The Morgan fingerprint density at radius 3 is 2.55 bits per heavy atom. The van der Waals surface area contributed by atoms with Crippen LogP contribution in [0.15, 0.2) is 18.6 Å². The maximum absolute atomic E-state index is 13.2. The summed E-state index contributed by atoms with van der Waals surface area (Å²) in [6.07, 6.45) is 10.2. The van der Waals surface area contributed by atoms with Gasteiger partial charge in [-0.15, -0.1) is 0 Å². The Morgan fingerprint density at radius 2 is 1.94 bits per heavy atom. The second kappa shape index (κ2) is 15.9. The van der Waals surface area contributed by atoms with Crippen LogP contribution in [0.5, 0.6) is 0 Å². The first-order valence-electron chi connectivity index (χ1n) is 11.4. The number of carboxylic acid groups (broad SMARTS) is 2. The first-order valence-corrected chi connectivity index (χ1v) is 11.4. The molecule has 0 spiro atoms. The van der Waals surface area contributed by atoms with E-state index < -0.39 is 0 Å². The minimum absolute atomic E-state index is 0.213. The van der Waals surface area contributed by atoms with E-state index in [0.717, 1.165) is 70.8 Å². The highest BCUT2D eigenvalue weighted by Crippen LogP contribution is 2.38. The lowest BCUT2D eigenvalue weighted by atomic mass is 9.84. The van der Waals surface area contributed by atoms with Gasteiger partial charge in [0.1, 0.15) is 11.4 Å². The van der Waals surface area contributed by atoms with E-state index in [9.17, 15) is 4.79 Å². The van der Waals surface area contributed by atoms with Crippen LogP contribution in [0.2, 0.25) is 0 Å². The number of carbonyl (C=O) groups is 3. The molecule has 2 aliphatic heterocycles. The molecule has 2 saturated heterocycles. The van der Waals surface area contributed by atoms with Crippen LogP contribution < -0.4 is 10.6 Å². The van der Waals surface area contributed by atoms with Crippen molar-refractivity contribution in [3.05, 3.63) is 18.6 Å². The van der Waals surface area contributed by atoms with Crippen LogP contribution in [-0.2, 0) is 14.4 Å². The van der Waals surface area contributed by atoms with Crippen LogP contribution in [0.1, 0.15) is 46.0 Å². The van der Waals surface area contributed by atoms with E-state index in [1.165, 1.54) is 6.42 Å². The van der Waals surface area contributed by atoms with Crippen molar-refractivity contribution in [1.82, 2.24) is 25.1 Å². The first-order chi connectivity index (χ1) is 16.0. The molecule has 0 aliphatic carbocycles. The monoisotopic (exact) mass is 466 g/mol. The fraction of sp³-hybridized carbons (Fsp3) is 0.682. The van der Waals surface area contributed by atoms with Gasteiger partial charge in [0, 0.05) is 31.5 Å². The van der Waals surface area contributed by atoms with Crippen LogP contribution in [0.3, 0.4) is 0 Å². The first kappa shape index (κ1) is 28.2. The number of piperidine rings is 1. The van der Waals surface area contributed by atoms with Gasteiger partial charge in [-0.1, -0.05) is 13.8 Å². The second-order valence-corrected chi connectivity index (χ2v) is 7.92. The number of carbonyl (C=O) groups excluding carboxylic acids is 1. The van der Waals surface area contributed by atoms with Crippen molar-refractivity contribution in [1.29, 1.82) is 0 Å². The second-order valence-electron chi connectivity index (χ2n) is 7.92. The van der Waals surface area contributed by atoms with Gasteiger partial charge in [0.15, 0.2) is 0 Å². The van der Waals surface area contributed by atoms with Crippen molar-refractivity contribution >= 4 is 24.7 Å². The average Bonchev–Trinajstić information content (AvgIpc) is 3.20. The zero-order valence-electron chi connectivity index (χ0n) is 19.7. The van der Waals surface area contributed by atoms with E-state index in [4.69, 9.17) is 19.8 Å². The van der Waals surface area contributed by atoms with Gasteiger partial charge in [-0.25, -0.2) is 4.98 Å².